The van der Waals surface area contributed by atoms with Crippen LogP contribution in [0, 0.1) is 5.92 Å². The van der Waals surface area contributed by atoms with E-state index in [4.69, 9.17) is 4.55 Å². The molecule has 0 aromatic carbocycles. The molecule has 1 N–H and O–H groups in total. The molecule has 0 fully saturated rings. The molecule has 0 saturated carbocycles. The predicted octanol–water partition coefficient (Wildman–Crippen LogP) is 0.726. The Kier molecular flexibility index (Phi) is 5.65. The Labute approximate surface area is 76.4 Å². The quantitative estimate of drug-likeness (QED) is 0.657. The summed E-state index contributed by atoms with van der Waals surface area (Å²) in [5.41, 5.74) is 0. The molecule has 0 amide bonds. The maximum Gasteiger partial charge on any atom is 0.301 e. The van der Waals surface area contributed by atoms with Crippen LogP contribution in [0.1, 0.15) is 13.8 Å². The first-order chi connectivity index (χ1) is 5.45. The number of rotatable bonds is 5. The van der Waals surface area contributed by atoms with E-state index in [2.05, 4.69) is 4.18 Å². The number of likely N-dealkylation sites (N-methyl/N-ethyl adjacent to an activating group) is 1. The summed E-state index contributed by atoms with van der Waals surface area (Å²) in [6.07, 6.45) is 0. The third-order valence-electron chi connectivity index (χ3n) is 1.77. The van der Waals surface area contributed by atoms with E-state index in [0.717, 1.165) is 0 Å². The van der Waals surface area contributed by atoms with Crippen LogP contribution in [0.25, 0.3) is 0 Å². The molecule has 0 rings (SSSR count). The van der Waals surface area contributed by atoms with Crippen LogP contribution in [0.4, 0.5) is 0 Å². The van der Waals surface area contributed by atoms with Gasteiger partial charge in [0, 0.05) is 6.04 Å². The Balaban J connectivity index is 3.88. The lowest BCUT2D eigenvalue weighted by Gasteiger charge is -2.26. The van der Waals surface area contributed by atoms with Crippen LogP contribution in [0.5, 0.6) is 0 Å². The van der Waals surface area contributed by atoms with Crippen LogP contribution in [0.2, 0.25) is 0 Å². The number of hydrogen-bond acceptors (Lipinski definition) is 3. The first-order valence-electron chi connectivity index (χ1n) is 3.85. The first kappa shape index (κ1) is 12.0. The smallest absolute Gasteiger partial charge is 0.301 e. The lowest BCUT2D eigenvalue weighted by atomic mass is 10.1. The molecule has 0 bridgehead atoms. The second kappa shape index (κ2) is 5.64. The van der Waals surface area contributed by atoms with Crippen LogP contribution in [0.15, 0.2) is 0 Å². The van der Waals surface area contributed by atoms with E-state index >= 15 is 0 Å². The monoisotopic (exact) mass is 195 g/mol. The number of hydrogen-bond donors (Lipinski definition) is 1. The van der Waals surface area contributed by atoms with E-state index in [1.807, 2.05) is 32.8 Å². The van der Waals surface area contributed by atoms with Gasteiger partial charge in [0.25, 0.3) is 0 Å². The van der Waals surface area contributed by atoms with E-state index in [1.54, 1.807) is 0 Å². The van der Waals surface area contributed by atoms with Gasteiger partial charge in [-0.15, -0.1) is 0 Å². The molecular formula is C7H17NO3S. The molecule has 12 heavy (non-hydrogen) atoms. The fraction of sp³-hybridized carbons (Fsp3) is 1.00. The van der Waals surface area contributed by atoms with Crippen LogP contribution in [0.3, 0.4) is 0 Å². The minimum Gasteiger partial charge on any atom is -0.304 e. The zero-order valence-corrected chi connectivity index (χ0v) is 8.80. The Morgan fingerprint density at radius 1 is 1.50 bits per heavy atom. The summed E-state index contributed by atoms with van der Waals surface area (Å²) in [6, 6.07) is 0.182. The molecule has 0 heterocycles. The molecule has 5 heteroatoms. The van der Waals surface area contributed by atoms with Gasteiger partial charge in [-0.3, -0.25) is 8.74 Å². The maximum absolute atomic E-state index is 10.2. The van der Waals surface area contributed by atoms with Gasteiger partial charge in [-0.25, -0.2) is 0 Å². The van der Waals surface area contributed by atoms with Crippen molar-refractivity contribution in [1.82, 2.24) is 4.90 Å². The SMILES string of the molecule is CC(C)C(COS(=O)O)N(C)C. The van der Waals surface area contributed by atoms with Crippen molar-refractivity contribution in [2.45, 2.75) is 19.9 Å². The number of nitrogens with zero attached hydrogens (tertiary/aromatic N) is 1. The fourth-order valence-corrected chi connectivity index (χ4v) is 1.32. The molecule has 0 aliphatic heterocycles. The van der Waals surface area contributed by atoms with Gasteiger partial charge in [0.05, 0.1) is 6.61 Å². The molecule has 2 atom stereocenters. The topological polar surface area (TPSA) is 49.8 Å². The van der Waals surface area contributed by atoms with Gasteiger partial charge < -0.3 is 4.90 Å². The molecule has 2 unspecified atom stereocenters. The summed E-state index contributed by atoms with van der Waals surface area (Å²) < 4.78 is 23.2. The van der Waals surface area contributed by atoms with Crippen molar-refractivity contribution >= 4 is 11.4 Å². The lowest BCUT2D eigenvalue weighted by molar-refractivity contribution is 0.149. The average molecular weight is 195 g/mol. The third kappa shape index (κ3) is 4.82. The summed E-state index contributed by atoms with van der Waals surface area (Å²) in [4.78, 5) is 1.98. The van der Waals surface area contributed by atoms with Crippen molar-refractivity contribution in [3.63, 3.8) is 0 Å². The van der Waals surface area contributed by atoms with Crippen molar-refractivity contribution in [2.75, 3.05) is 20.7 Å². The highest BCUT2D eigenvalue weighted by Gasteiger charge is 2.16. The van der Waals surface area contributed by atoms with Crippen molar-refractivity contribution in [2.24, 2.45) is 5.92 Å². The molecular weight excluding hydrogens is 178 g/mol. The van der Waals surface area contributed by atoms with Crippen molar-refractivity contribution in [3.05, 3.63) is 0 Å². The Hall–Kier alpha value is 0.0300. The van der Waals surface area contributed by atoms with Crippen molar-refractivity contribution < 1.29 is 12.9 Å². The van der Waals surface area contributed by atoms with Crippen LogP contribution in [-0.2, 0) is 15.5 Å². The first-order valence-corrected chi connectivity index (χ1v) is 4.89. The van der Waals surface area contributed by atoms with Crippen molar-refractivity contribution in [3.8, 4) is 0 Å². The van der Waals surface area contributed by atoms with Gasteiger partial charge in [0.1, 0.15) is 0 Å². The van der Waals surface area contributed by atoms with Crippen LogP contribution in [-0.4, -0.2) is 40.4 Å². The van der Waals surface area contributed by atoms with Crippen LogP contribution >= 0.6 is 0 Å². The highest BCUT2D eigenvalue weighted by Crippen LogP contribution is 2.07. The molecule has 0 saturated heterocycles. The van der Waals surface area contributed by atoms with E-state index in [0.29, 0.717) is 5.92 Å². The molecule has 0 aliphatic rings. The minimum absolute atomic E-state index is 0.182. The summed E-state index contributed by atoms with van der Waals surface area (Å²) in [6.45, 7) is 4.39. The predicted molar refractivity (Wildman–Crippen MR) is 49.0 cm³/mol. The second-order valence-corrected chi connectivity index (χ2v) is 3.95. The Morgan fingerprint density at radius 3 is 2.25 bits per heavy atom. The van der Waals surface area contributed by atoms with Gasteiger partial charge in [-0.2, -0.15) is 4.21 Å². The minimum atomic E-state index is -2.15. The van der Waals surface area contributed by atoms with E-state index < -0.39 is 11.4 Å². The molecule has 74 valence electrons. The molecule has 0 spiro atoms. The highest BCUT2D eigenvalue weighted by molar-refractivity contribution is 7.74. The summed E-state index contributed by atoms with van der Waals surface area (Å²) in [5, 5.41) is 0. The van der Waals surface area contributed by atoms with E-state index in [1.165, 1.54) is 0 Å². The average Bonchev–Trinajstić information content (AvgIpc) is 1.84. The normalized spacial score (nSPS) is 16.9. The highest BCUT2D eigenvalue weighted by atomic mass is 32.2. The zero-order valence-electron chi connectivity index (χ0n) is 7.98. The van der Waals surface area contributed by atoms with Gasteiger partial charge in [0.15, 0.2) is 0 Å². The molecule has 0 radical (unpaired) electrons. The molecule has 0 aromatic heterocycles. The van der Waals surface area contributed by atoms with E-state index in [9.17, 15) is 4.21 Å². The lowest BCUT2D eigenvalue weighted by Crippen LogP contribution is -2.37. The Bertz CT molecular complexity index is 142. The summed E-state index contributed by atoms with van der Waals surface area (Å²) >= 11 is -2.15. The van der Waals surface area contributed by atoms with Crippen molar-refractivity contribution in [1.29, 1.82) is 0 Å². The van der Waals surface area contributed by atoms with Gasteiger partial charge >= 0.3 is 11.4 Å². The molecule has 4 nitrogen and oxygen atoms in total. The zero-order chi connectivity index (χ0) is 9.72. The van der Waals surface area contributed by atoms with Gasteiger partial charge in [-0.1, -0.05) is 13.8 Å². The third-order valence-corrected chi connectivity index (χ3v) is 2.11. The summed E-state index contributed by atoms with van der Waals surface area (Å²) in [7, 11) is 3.85. The summed E-state index contributed by atoms with van der Waals surface area (Å²) in [5.74, 6) is 0.406. The maximum atomic E-state index is 10.2. The Morgan fingerprint density at radius 2 is 2.00 bits per heavy atom. The van der Waals surface area contributed by atoms with E-state index in [-0.39, 0.29) is 12.6 Å². The molecule has 0 aliphatic carbocycles. The second-order valence-electron chi connectivity index (χ2n) is 3.28. The van der Waals surface area contributed by atoms with Gasteiger partial charge in [-0.05, 0) is 20.0 Å². The largest absolute Gasteiger partial charge is 0.304 e. The van der Waals surface area contributed by atoms with Crippen LogP contribution < -0.4 is 0 Å². The fourth-order valence-electron chi connectivity index (χ4n) is 1.07. The van der Waals surface area contributed by atoms with Gasteiger partial charge in [0.2, 0.25) is 0 Å². The molecule has 0 aromatic rings. The standard InChI is InChI=1S/C7H17NO3S/c1-6(2)7(8(3)4)5-11-12(9)10/h6-7H,5H2,1-4H3,(H,9,10).